The highest BCUT2D eigenvalue weighted by Gasteiger charge is 2.30. The van der Waals surface area contributed by atoms with Gasteiger partial charge in [-0.3, -0.25) is 14.9 Å². The maximum Gasteiger partial charge on any atom is 0.304 e. The smallest absolute Gasteiger partial charge is 0.304 e. The van der Waals surface area contributed by atoms with Gasteiger partial charge in [0, 0.05) is 17.5 Å². The lowest BCUT2D eigenvalue weighted by Gasteiger charge is -2.27. The summed E-state index contributed by atoms with van der Waals surface area (Å²) in [5.74, 6) is -0.955. The third-order valence-electron chi connectivity index (χ3n) is 3.12. The van der Waals surface area contributed by atoms with E-state index in [1.807, 2.05) is 6.92 Å². The fourth-order valence-corrected chi connectivity index (χ4v) is 1.96. The van der Waals surface area contributed by atoms with Crippen molar-refractivity contribution in [1.82, 2.24) is 0 Å². The maximum atomic E-state index is 10.9. The molecule has 0 aromatic heterocycles. The van der Waals surface area contributed by atoms with Crippen LogP contribution >= 0.6 is 0 Å². The number of hydrogen-bond donors (Lipinski definition) is 1. The van der Waals surface area contributed by atoms with Gasteiger partial charge in [-0.15, -0.1) is 6.58 Å². The first-order chi connectivity index (χ1) is 8.45. The van der Waals surface area contributed by atoms with Crippen LogP contribution in [0.15, 0.2) is 36.9 Å². The molecule has 0 spiro atoms. The van der Waals surface area contributed by atoms with Crippen molar-refractivity contribution in [2.45, 2.75) is 25.2 Å². The van der Waals surface area contributed by atoms with E-state index in [2.05, 4.69) is 6.58 Å². The normalized spacial score (nSPS) is 13.6. The van der Waals surface area contributed by atoms with Gasteiger partial charge in [-0.2, -0.15) is 0 Å². The van der Waals surface area contributed by atoms with Crippen LogP contribution in [0.3, 0.4) is 0 Å². The number of allylic oxidation sites excluding steroid dienone is 1. The number of rotatable bonds is 6. The van der Waals surface area contributed by atoms with Gasteiger partial charge in [0.25, 0.3) is 5.69 Å². The molecule has 0 bridgehead atoms. The number of nitro benzene ring substituents is 1. The third kappa shape index (κ3) is 2.74. The van der Waals surface area contributed by atoms with E-state index in [1.165, 1.54) is 12.1 Å². The van der Waals surface area contributed by atoms with E-state index in [1.54, 1.807) is 18.2 Å². The van der Waals surface area contributed by atoms with Gasteiger partial charge in [0.05, 0.1) is 11.3 Å². The lowest BCUT2D eigenvalue weighted by Crippen LogP contribution is -2.26. The molecular formula is C13H15NO4. The quantitative estimate of drug-likeness (QED) is 0.477. The van der Waals surface area contributed by atoms with Crippen molar-refractivity contribution in [3.05, 3.63) is 52.6 Å². The summed E-state index contributed by atoms with van der Waals surface area (Å²) in [5.41, 5.74) is -0.202. The Labute approximate surface area is 105 Å². The molecule has 18 heavy (non-hydrogen) atoms. The number of nitro groups is 1. The summed E-state index contributed by atoms with van der Waals surface area (Å²) in [6, 6.07) is 6.05. The highest BCUT2D eigenvalue weighted by atomic mass is 16.6. The summed E-state index contributed by atoms with van der Waals surface area (Å²) in [5, 5.41) is 19.7. The topological polar surface area (TPSA) is 80.4 Å². The summed E-state index contributed by atoms with van der Waals surface area (Å²) in [7, 11) is 0. The molecular weight excluding hydrogens is 234 g/mol. The molecule has 1 rings (SSSR count). The standard InChI is InChI=1S/C13H15NO4/c1-3-13(4-2,9-12(15)16)10-6-5-7-11(8-10)14(17)18/h3,5-8H,1,4,9H2,2H3,(H,15,16). The fraction of sp³-hybridized carbons (Fsp3) is 0.308. The zero-order chi connectivity index (χ0) is 13.8. The molecule has 1 aromatic carbocycles. The zero-order valence-electron chi connectivity index (χ0n) is 10.1. The second kappa shape index (κ2) is 5.44. The minimum Gasteiger partial charge on any atom is -0.481 e. The van der Waals surface area contributed by atoms with E-state index in [9.17, 15) is 14.9 Å². The van der Waals surface area contributed by atoms with Crippen molar-refractivity contribution in [3.63, 3.8) is 0 Å². The number of benzene rings is 1. The Hall–Kier alpha value is -2.17. The number of carboxylic acids is 1. The predicted octanol–water partition coefficient (Wildman–Crippen LogP) is 2.90. The average Bonchev–Trinajstić information content (AvgIpc) is 2.36. The summed E-state index contributed by atoms with van der Waals surface area (Å²) in [6.07, 6.45) is 1.94. The Morgan fingerprint density at radius 1 is 1.61 bits per heavy atom. The molecule has 1 N–H and O–H groups in total. The summed E-state index contributed by atoms with van der Waals surface area (Å²) in [6.45, 7) is 5.51. The summed E-state index contributed by atoms with van der Waals surface area (Å²) in [4.78, 5) is 21.2. The molecule has 0 aliphatic heterocycles. The second-order valence-electron chi connectivity index (χ2n) is 4.09. The third-order valence-corrected chi connectivity index (χ3v) is 3.12. The van der Waals surface area contributed by atoms with E-state index in [-0.39, 0.29) is 12.1 Å². The number of non-ortho nitro benzene ring substituents is 1. The van der Waals surface area contributed by atoms with Crippen LogP contribution in [0.5, 0.6) is 0 Å². The molecule has 1 aromatic rings. The largest absolute Gasteiger partial charge is 0.481 e. The van der Waals surface area contributed by atoms with Crippen molar-refractivity contribution in [2.75, 3.05) is 0 Å². The Kier molecular flexibility index (Phi) is 4.20. The number of nitrogens with zero attached hydrogens (tertiary/aromatic N) is 1. The molecule has 0 saturated carbocycles. The molecule has 0 aliphatic rings. The predicted molar refractivity (Wildman–Crippen MR) is 67.5 cm³/mol. The molecule has 0 saturated heterocycles. The molecule has 5 heteroatoms. The van der Waals surface area contributed by atoms with Gasteiger partial charge in [-0.25, -0.2) is 0 Å². The van der Waals surface area contributed by atoms with Crippen molar-refractivity contribution < 1.29 is 14.8 Å². The Bertz CT molecular complexity index is 484. The lowest BCUT2D eigenvalue weighted by molar-refractivity contribution is -0.385. The minimum absolute atomic E-state index is 0.0439. The van der Waals surface area contributed by atoms with Gasteiger partial charge < -0.3 is 5.11 Å². The summed E-state index contributed by atoms with van der Waals surface area (Å²) < 4.78 is 0. The van der Waals surface area contributed by atoms with Crippen LogP contribution in [0.1, 0.15) is 25.3 Å². The van der Waals surface area contributed by atoms with Gasteiger partial charge in [-0.05, 0) is 12.0 Å². The van der Waals surface area contributed by atoms with Crippen molar-refractivity contribution in [2.24, 2.45) is 0 Å². The van der Waals surface area contributed by atoms with Crippen molar-refractivity contribution in [3.8, 4) is 0 Å². The first-order valence-electron chi connectivity index (χ1n) is 5.55. The number of carboxylic acid groups (broad SMARTS) is 1. The molecule has 0 amide bonds. The SMILES string of the molecule is C=CC(CC)(CC(=O)O)c1cccc([N+](=O)[O-])c1. The zero-order valence-corrected chi connectivity index (χ0v) is 10.1. The highest BCUT2D eigenvalue weighted by molar-refractivity contribution is 5.70. The van der Waals surface area contributed by atoms with Crippen LogP contribution in [0.25, 0.3) is 0 Å². The molecule has 0 radical (unpaired) electrons. The fourth-order valence-electron chi connectivity index (χ4n) is 1.96. The first-order valence-corrected chi connectivity index (χ1v) is 5.55. The Morgan fingerprint density at radius 2 is 2.28 bits per heavy atom. The van der Waals surface area contributed by atoms with E-state index in [4.69, 9.17) is 5.11 Å². The van der Waals surface area contributed by atoms with E-state index >= 15 is 0 Å². The first kappa shape index (κ1) is 13.9. The van der Waals surface area contributed by atoms with Crippen LogP contribution < -0.4 is 0 Å². The maximum absolute atomic E-state index is 10.9. The second-order valence-corrected chi connectivity index (χ2v) is 4.09. The average molecular weight is 249 g/mol. The molecule has 5 nitrogen and oxygen atoms in total. The molecule has 96 valence electrons. The monoisotopic (exact) mass is 249 g/mol. The van der Waals surface area contributed by atoms with E-state index in [0.717, 1.165) is 0 Å². The van der Waals surface area contributed by atoms with Gasteiger partial charge in [0.15, 0.2) is 0 Å². The van der Waals surface area contributed by atoms with Gasteiger partial charge in [0.2, 0.25) is 0 Å². The van der Waals surface area contributed by atoms with Gasteiger partial charge in [-0.1, -0.05) is 25.1 Å². The van der Waals surface area contributed by atoms with Crippen LogP contribution in [0, 0.1) is 10.1 Å². The minimum atomic E-state index is -0.955. The highest BCUT2D eigenvalue weighted by Crippen LogP contribution is 2.34. The molecule has 0 aliphatic carbocycles. The molecule has 0 fully saturated rings. The number of aliphatic carboxylic acids is 1. The lowest BCUT2D eigenvalue weighted by atomic mass is 9.75. The van der Waals surface area contributed by atoms with Crippen molar-refractivity contribution >= 4 is 11.7 Å². The van der Waals surface area contributed by atoms with Crippen molar-refractivity contribution in [1.29, 1.82) is 0 Å². The van der Waals surface area contributed by atoms with Crippen LogP contribution in [-0.2, 0) is 10.2 Å². The summed E-state index contributed by atoms with van der Waals surface area (Å²) >= 11 is 0. The number of carbonyl (C=O) groups is 1. The Morgan fingerprint density at radius 3 is 2.72 bits per heavy atom. The Balaban J connectivity index is 3.28. The van der Waals surface area contributed by atoms with Crippen LogP contribution in [0.4, 0.5) is 5.69 Å². The number of hydrogen-bond acceptors (Lipinski definition) is 3. The molecule has 0 heterocycles. The van der Waals surface area contributed by atoms with E-state index < -0.39 is 16.3 Å². The molecule has 1 unspecified atom stereocenters. The van der Waals surface area contributed by atoms with Crippen LogP contribution in [-0.4, -0.2) is 16.0 Å². The molecule has 1 atom stereocenters. The van der Waals surface area contributed by atoms with Crippen LogP contribution in [0.2, 0.25) is 0 Å². The van der Waals surface area contributed by atoms with E-state index in [0.29, 0.717) is 12.0 Å². The van der Waals surface area contributed by atoms with Gasteiger partial charge >= 0.3 is 5.97 Å². The van der Waals surface area contributed by atoms with Gasteiger partial charge in [0.1, 0.15) is 0 Å².